The smallest absolute Gasteiger partial charge is 0.236 e. The van der Waals surface area contributed by atoms with Crippen LogP contribution in [0, 0.1) is 5.82 Å². The van der Waals surface area contributed by atoms with Gasteiger partial charge in [-0.1, -0.05) is 12.1 Å². The highest BCUT2D eigenvalue weighted by atomic mass is 35.5. The van der Waals surface area contributed by atoms with Crippen molar-refractivity contribution in [3.05, 3.63) is 35.6 Å². The third-order valence-electron chi connectivity index (χ3n) is 3.25. The van der Waals surface area contributed by atoms with Crippen LogP contribution in [0.25, 0.3) is 0 Å². The van der Waals surface area contributed by atoms with Crippen LogP contribution in [0.1, 0.15) is 30.9 Å². The van der Waals surface area contributed by atoms with Gasteiger partial charge in [-0.25, -0.2) is 4.39 Å². The molecule has 1 heterocycles. The molecule has 1 saturated heterocycles. The van der Waals surface area contributed by atoms with E-state index in [1.54, 1.807) is 12.1 Å². The summed E-state index contributed by atoms with van der Waals surface area (Å²) in [6.45, 7) is 0.787. The molecule has 1 aromatic carbocycles. The van der Waals surface area contributed by atoms with E-state index in [1.165, 1.54) is 12.1 Å². The van der Waals surface area contributed by atoms with Crippen molar-refractivity contribution in [2.45, 2.75) is 25.3 Å². The average molecular weight is 273 g/mol. The minimum Gasteiger partial charge on any atom is -0.335 e. The highest BCUT2D eigenvalue weighted by Gasteiger charge is 2.26. The lowest BCUT2D eigenvalue weighted by atomic mass is 9.95. The average Bonchev–Trinajstić information content (AvgIpc) is 2.39. The van der Waals surface area contributed by atoms with Gasteiger partial charge in [0.1, 0.15) is 5.82 Å². The fraction of sp³-hybridized carbons (Fsp3) is 0.462. The minimum absolute atomic E-state index is 0. The number of hydrogen-bond acceptors (Lipinski definition) is 2. The lowest BCUT2D eigenvalue weighted by molar-refractivity contribution is -0.133. The van der Waals surface area contributed by atoms with Gasteiger partial charge in [-0.05, 0) is 37.0 Å². The molecule has 5 heteroatoms. The van der Waals surface area contributed by atoms with Crippen molar-refractivity contribution < 1.29 is 9.18 Å². The third kappa shape index (κ3) is 3.21. The number of carbonyl (C=O) groups is 1. The van der Waals surface area contributed by atoms with E-state index < -0.39 is 0 Å². The molecule has 2 rings (SSSR count). The van der Waals surface area contributed by atoms with Gasteiger partial charge in [-0.3, -0.25) is 4.79 Å². The Labute approximate surface area is 113 Å². The van der Waals surface area contributed by atoms with Gasteiger partial charge in [-0.2, -0.15) is 0 Å². The molecule has 0 spiro atoms. The molecule has 3 nitrogen and oxygen atoms in total. The van der Waals surface area contributed by atoms with Crippen molar-refractivity contribution in [3.8, 4) is 0 Å². The van der Waals surface area contributed by atoms with Crippen LogP contribution in [-0.4, -0.2) is 23.9 Å². The zero-order valence-corrected chi connectivity index (χ0v) is 11.0. The molecule has 1 unspecified atom stereocenters. The maximum absolute atomic E-state index is 12.9. The summed E-state index contributed by atoms with van der Waals surface area (Å²) in [5.41, 5.74) is 6.41. The van der Waals surface area contributed by atoms with Gasteiger partial charge in [0.25, 0.3) is 0 Å². The largest absolute Gasteiger partial charge is 0.335 e. The van der Waals surface area contributed by atoms with Gasteiger partial charge in [-0.15, -0.1) is 12.4 Å². The summed E-state index contributed by atoms with van der Waals surface area (Å²) in [5.74, 6) is -0.278. The van der Waals surface area contributed by atoms with Gasteiger partial charge in [0, 0.05) is 6.54 Å². The number of halogens is 2. The molecule has 2 N–H and O–H groups in total. The monoisotopic (exact) mass is 272 g/mol. The Morgan fingerprint density at radius 3 is 2.61 bits per heavy atom. The molecule has 1 aliphatic rings. The van der Waals surface area contributed by atoms with E-state index in [1.807, 2.05) is 4.90 Å². The SMILES string of the molecule is Cl.NCC(=O)N1CCCCC1c1ccc(F)cc1. The molecule has 0 saturated carbocycles. The molecule has 0 bridgehead atoms. The van der Waals surface area contributed by atoms with E-state index in [4.69, 9.17) is 5.73 Å². The summed E-state index contributed by atoms with van der Waals surface area (Å²) in [4.78, 5) is 13.6. The molecule has 0 aromatic heterocycles. The Bertz CT molecular complexity index is 396. The molecule has 1 aromatic rings. The lowest BCUT2D eigenvalue weighted by Crippen LogP contribution is -2.41. The fourth-order valence-electron chi connectivity index (χ4n) is 2.38. The summed E-state index contributed by atoms with van der Waals surface area (Å²) < 4.78 is 12.9. The predicted molar refractivity (Wildman–Crippen MR) is 71.0 cm³/mol. The van der Waals surface area contributed by atoms with Crippen molar-refractivity contribution in [1.82, 2.24) is 4.90 Å². The molecule has 1 fully saturated rings. The first-order valence-corrected chi connectivity index (χ1v) is 5.97. The molecule has 1 atom stereocenters. The van der Waals surface area contributed by atoms with Gasteiger partial charge in [0.2, 0.25) is 5.91 Å². The van der Waals surface area contributed by atoms with Gasteiger partial charge >= 0.3 is 0 Å². The van der Waals surface area contributed by atoms with Crippen molar-refractivity contribution in [1.29, 1.82) is 0 Å². The third-order valence-corrected chi connectivity index (χ3v) is 3.25. The van der Waals surface area contributed by atoms with Crippen LogP contribution in [0.4, 0.5) is 4.39 Å². The number of likely N-dealkylation sites (tertiary alicyclic amines) is 1. The van der Waals surface area contributed by atoms with E-state index in [-0.39, 0.29) is 36.7 Å². The molecule has 100 valence electrons. The van der Waals surface area contributed by atoms with Crippen LogP contribution < -0.4 is 5.73 Å². The second-order valence-electron chi connectivity index (χ2n) is 4.35. The number of nitrogens with two attached hydrogens (primary N) is 1. The zero-order valence-electron chi connectivity index (χ0n) is 10.1. The van der Waals surface area contributed by atoms with E-state index in [0.717, 1.165) is 31.4 Å². The van der Waals surface area contributed by atoms with Gasteiger partial charge in [0.15, 0.2) is 0 Å². The van der Waals surface area contributed by atoms with Crippen LogP contribution in [0.2, 0.25) is 0 Å². The number of carbonyl (C=O) groups excluding carboxylic acids is 1. The number of rotatable bonds is 2. The number of hydrogen-bond donors (Lipinski definition) is 1. The highest BCUT2D eigenvalue weighted by Crippen LogP contribution is 2.30. The molecule has 1 amide bonds. The summed E-state index contributed by atoms with van der Waals surface area (Å²) in [7, 11) is 0. The fourth-order valence-corrected chi connectivity index (χ4v) is 2.38. The summed E-state index contributed by atoms with van der Waals surface area (Å²) in [6, 6.07) is 6.44. The van der Waals surface area contributed by atoms with Crippen molar-refractivity contribution >= 4 is 18.3 Å². The molecular formula is C13H18ClFN2O. The maximum atomic E-state index is 12.9. The number of benzene rings is 1. The summed E-state index contributed by atoms with van der Waals surface area (Å²) in [6.07, 6.45) is 3.04. The van der Waals surface area contributed by atoms with Crippen LogP contribution in [0.5, 0.6) is 0 Å². The Kier molecular flexibility index (Phi) is 5.56. The highest BCUT2D eigenvalue weighted by molar-refractivity contribution is 5.85. The molecule has 1 aliphatic heterocycles. The predicted octanol–water partition coefficient (Wildman–Crippen LogP) is 2.26. The second kappa shape index (κ2) is 6.71. The normalized spacial score (nSPS) is 19.2. The second-order valence-corrected chi connectivity index (χ2v) is 4.35. The maximum Gasteiger partial charge on any atom is 0.236 e. The molecule has 18 heavy (non-hydrogen) atoms. The Balaban J connectivity index is 0.00000162. The van der Waals surface area contributed by atoms with Crippen LogP contribution >= 0.6 is 12.4 Å². The zero-order chi connectivity index (χ0) is 12.3. The summed E-state index contributed by atoms with van der Waals surface area (Å²) >= 11 is 0. The summed E-state index contributed by atoms with van der Waals surface area (Å²) in [5, 5.41) is 0. The lowest BCUT2D eigenvalue weighted by Gasteiger charge is -2.36. The van der Waals surface area contributed by atoms with Crippen LogP contribution in [0.15, 0.2) is 24.3 Å². The quantitative estimate of drug-likeness (QED) is 0.898. The minimum atomic E-state index is -0.249. The van der Waals surface area contributed by atoms with E-state index >= 15 is 0 Å². The number of nitrogens with zero attached hydrogens (tertiary/aromatic N) is 1. The first-order chi connectivity index (χ1) is 8.22. The standard InChI is InChI=1S/C13H17FN2O.ClH/c14-11-6-4-10(5-7-11)12-3-1-2-8-16(12)13(17)9-15;/h4-7,12H,1-3,8-9,15H2;1H. The van der Waals surface area contributed by atoms with Gasteiger partial charge < -0.3 is 10.6 Å². The van der Waals surface area contributed by atoms with E-state index in [2.05, 4.69) is 0 Å². The van der Waals surface area contributed by atoms with Crippen molar-refractivity contribution in [3.63, 3.8) is 0 Å². The molecular weight excluding hydrogens is 255 g/mol. The van der Waals surface area contributed by atoms with Crippen molar-refractivity contribution in [2.75, 3.05) is 13.1 Å². The molecule has 0 aliphatic carbocycles. The van der Waals surface area contributed by atoms with E-state index in [0.29, 0.717) is 0 Å². The van der Waals surface area contributed by atoms with Gasteiger partial charge in [0.05, 0.1) is 12.6 Å². The van der Waals surface area contributed by atoms with E-state index in [9.17, 15) is 9.18 Å². The topological polar surface area (TPSA) is 46.3 Å². The Hall–Kier alpha value is -1.13. The Morgan fingerprint density at radius 2 is 2.00 bits per heavy atom. The molecule has 0 radical (unpaired) electrons. The van der Waals surface area contributed by atoms with Crippen LogP contribution in [-0.2, 0) is 4.79 Å². The number of piperidine rings is 1. The first kappa shape index (κ1) is 14.9. The van der Waals surface area contributed by atoms with Crippen molar-refractivity contribution in [2.24, 2.45) is 5.73 Å². The first-order valence-electron chi connectivity index (χ1n) is 5.97. The van der Waals surface area contributed by atoms with Crippen LogP contribution in [0.3, 0.4) is 0 Å². The Morgan fingerprint density at radius 1 is 1.33 bits per heavy atom. The number of amides is 1.